The molecule has 1 unspecified atom stereocenters. The van der Waals surface area contributed by atoms with Gasteiger partial charge in [-0.05, 0) is 0 Å². The van der Waals surface area contributed by atoms with Crippen molar-refractivity contribution in [3.8, 4) is 0 Å². The first kappa shape index (κ1) is 57.7. The van der Waals surface area contributed by atoms with Crippen molar-refractivity contribution in [3.63, 3.8) is 0 Å². The average molecular weight is 1280 g/mol. The molecule has 1 atom stereocenters. The Morgan fingerprint density at radius 3 is 0.875 bits per heavy atom. The van der Waals surface area contributed by atoms with Gasteiger partial charge in [0.2, 0.25) is 0 Å². The summed E-state index contributed by atoms with van der Waals surface area (Å²) >= 11 is -0.338. The van der Waals surface area contributed by atoms with E-state index in [1.165, 1.54) is 31.8 Å². The van der Waals surface area contributed by atoms with Crippen molar-refractivity contribution >= 4 is 91.8 Å². The van der Waals surface area contributed by atoms with E-state index in [4.69, 9.17) is 9.53 Å². The normalized spacial score (nSPS) is 12.9. The number of hydrogen-bond donors (Lipinski definition) is 0. The Kier molecular flexibility index (Phi) is 21.6. The van der Waals surface area contributed by atoms with E-state index < -0.39 is 14.5 Å². The predicted molar refractivity (Wildman–Crippen MR) is 342 cm³/mol. The second-order valence-electron chi connectivity index (χ2n) is 19.0. The molecule has 0 aliphatic rings. The molecule has 10 aromatic rings. The van der Waals surface area contributed by atoms with E-state index in [0.717, 1.165) is 34.8 Å². The summed E-state index contributed by atoms with van der Waals surface area (Å²) < 4.78 is 1.52. The first-order valence-electron chi connectivity index (χ1n) is 26.7. The SMILES string of the molecule is O=C(C=Cc1ccccc1)[C](=Cc1ccccc1)[Pd][C](=Cc1ccccc1)C(=O)C=Cc1ccccc1.[Cl][Pd][CH](CC[PH](c1ccccc1)(c1ccccc1)c1ccccc1)[PH](c1ccccc1)(c1ccccc1)c1ccccc1. The molecule has 2 nitrogen and oxygen atoms in total. The maximum absolute atomic E-state index is 13.4. The zero-order valence-electron chi connectivity index (χ0n) is 44.2. The van der Waals surface area contributed by atoms with Gasteiger partial charge in [-0.2, -0.15) is 0 Å². The minimum absolute atomic E-state index is 0.0416. The van der Waals surface area contributed by atoms with Crippen LogP contribution in [0.15, 0.2) is 324 Å². The van der Waals surface area contributed by atoms with Crippen LogP contribution in [0.2, 0.25) is 0 Å². The minimum atomic E-state index is -2.54. The maximum atomic E-state index is 13.4. The molecule has 10 aromatic carbocycles. The fourth-order valence-corrected chi connectivity index (χ4v) is 28.2. The van der Waals surface area contributed by atoms with E-state index in [1.54, 1.807) is 12.2 Å². The summed E-state index contributed by atoms with van der Waals surface area (Å²) in [6.45, 7) is 0. The van der Waals surface area contributed by atoms with Gasteiger partial charge in [-0.3, -0.25) is 0 Å². The number of allylic oxidation sites excluding steroid dienone is 4. The van der Waals surface area contributed by atoms with Crippen LogP contribution in [0.1, 0.15) is 28.7 Å². The van der Waals surface area contributed by atoms with Crippen LogP contribution in [0.5, 0.6) is 0 Å². The van der Waals surface area contributed by atoms with Gasteiger partial charge in [0.25, 0.3) is 0 Å². The summed E-state index contributed by atoms with van der Waals surface area (Å²) in [4.78, 5) is 26.8. The summed E-state index contributed by atoms with van der Waals surface area (Å²) in [7, 11) is 2.31. The van der Waals surface area contributed by atoms with Crippen molar-refractivity contribution in [2.75, 3.05) is 6.16 Å². The number of ketones is 2. The van der Waals surface area contributed by atoms with E-state index in [9.17, 15) is 9.59 Å². The molecule has 0 fully saturated rings. The Labute approximate surface area is 494 Å². The van der Waals surface area contributed by atoms with Gasteiger partial charge in [0, 0.05) is 0 Å². The molecule has 0 saturated carbocycles. The van der Waals surface area contributed by atoms with E-state index in [0.29, 0.717) is 12.2 Å². The van der Waals surface area contributed by atoms with Crippen molar-refractivity contribution in [1.82, 2.24) is 0 Å². The Hall–Kier alpha value is -7.03. The van der Waals surface area contributed by atoms with Crippen LogP contribution >= 0.6 is 24.1 Å². The van der Waals surface area contributed by atoms with E-state index in [2.05, 4.69) is 182 Å². The number of carbonyl (C=O) groups excluding carboxylic acids is 2. The Morgan fingerprint density at radius 2 is 0.600 bits per heavy atom. The number of hydrogen-bond acceptors (Lipinski definition) is 2. The van der Waals surface area contributed by atoms with Crippen LogP contribution in [-0.2, 0) is 44.5 Å². The third-order valence-corrected chi connectivity index (χ3v) is 31.0. The topological polar surface area (TPSA) is 34.1 Å². The molecule has 0 radical (unpaired) electrons. The fourth-order valence-electron chi connectivity index (χ4n) is 10.2. The van der Waals surface area contributed by atoms with Gasteiger partial charge in [0.15, 0.2) is 0 Å². The van der Waals surface area contributed by atoms with Gasteiger partial charge >= 0.3 is 499 Å². The second kappa shape index (κ2) is 30.0. The molecule has 0 aliphatic carbocycles. The first-order chi connectivity index (χ1) is 39.5. The quantitative estimate of drug-likeness (QED) is 0.0408. The molecule has 0 saturated heterocycles. The molecule has 7 heteroatoms. The predicted octanol–water partition coefficient (Wildman–Crippen LogP) is 15.1. The molecule has 10 rings (SSSR count). The molecule has 0 bridgehead atoms. The standard InChI is InChI=1S/C39H37P2.2C17H13O.ClH.2Pd/c1-7-20-34(21-8-1)40(35-22-9-2-10-23-35,36-24-11-3-12-25-36)32-19-33-41(37-26-13-4-14-27-37,38-28-15-5-16-29-38)39-30-17-6-18-31-39;2*18-17(13-11-15-7-3-1-4-8-15)14-12-16-9-5-2-6-10-16;;;/h1-18,20-32,40-41H,19,33H2;2*1-13H;1H;;/q;;;;;+1/p-1. The van der Waals surface area contributed by atoms with Gasteiger partial charge in [-0.1, -0.05) is 0 Å². The average Bonchev–Trinajstić information content (AvgIpc) is 3.58. The third kappa shape index (κ3) is 14.9. The van der Waals surface area contributed by atoms with Gasteiger partial charge in [-0.15, -0.1) is 0 Å². The van der Waals surface area contributed by atoms with Crippen LogP contribution < -0.4 is 31.8 Å². The van der Waals surface area contributed by atoms with E-state index in [-0.39, 0.29) is 46.5 Å². The Balaban J connectivity index is 0.000000196. The number of halogens is 1. The van der Waals surface area contributed by atoms with Crippen LogP contribution in [-0.4, -0.2) is 21.9 Å². The number of rotatable bonds is 21. The summed E-state index contributed by atoms with van der Waals surface area (Å²) in [5.74, 6) is -0.221. The van der Waals surface area contributed by atoms with Crippen LogP contribution in [0.25, 0.3) is 24.3 Å². The first-order valence-corrected chi connectivity index (χ1v) is 35.4. The molecular formula is C73H63ClO2P2Pd2. The van der Waals surface area contributed by atoms with E-state index >= 15 is 0 Å². The van der Waals surface area contributed by atoms with Crippen molar-refractivity contribution < 1.29 is 44.5 Å². The van der Waals surface area contributed by atoms with Crippen molar-refractivity contribution in [2.24, 2.45) is 0 Å². The van der Waals surface area contributed by atoms with Gasteiger partial charge in [0.1, 0.15) is 0 Å². The summed E-state index contributed by atoms with van der Waals surface area (Å²) in [5.41, 5.74) is 3.73. The van der Waals surface area contributed by atoms with E-state index in [1.807, 2.05) is 146 Å². The molecule has 0 amide bonds. The second-order valence-corrected chi connectivity index (χ2v) is 32.2. The molecule has 0 heterocycles. The zero-order chi connectivity index (χ0) is 55.1. The molecule has 0 aromatic heterocycles. The number of carbonyl (C=O) groups is 2. The molecule has 0 aliphatic heterocycles. The summed E-state index contributed by atoms with van der Waals surface area (Å²) in [6, 6.07) is 107. The molecule has 0 spiro atoms. The van der Waals surface area contributed by atoms with Crippen molar-refractivity contribution in [2.45, 2.75) is 10.6 Å². The third-order valence-electron chi connectivity index (χ3n) is 14.0. The monoisotopic (exact) mass is 1280 g/mol. The van der Waals surface area contributed by atoms with Gasteiger partial charge in [0.05, 0.1) is 0 Å². The molecular weight excluding hydrogens is 1220 g/mol. The number of benzene rings is 10. The van der Waals surface area contributed by atoms with Crippen LogP contribution in [0.4, 0.5) is 0 Å². The summed E-state index contributed by atoms with van der Waals surface area (Å²) in [5, 5.41) is 8.67. The Bertz CT molecular complexity index is 3300. The summed E-state index contributed by atoms with van der Waals surface area (Å²) in [6.07, 6.45) is 12.7. The van der Waals surface area contributed by atoms with Crippen LogP contribution in [0, 0.1) is 0 Å². The van der Waals surface area contributed by atoms with Crippen molar-refractivity contribution in [3.05, 3.63) is 346 Å². The fraction of sp³-hybridized carbons (Fsp3) is 0.0411. The molecule has 404 valence electrons. The Morgan fingerprint density at radius 1 is 0.350 bits per heavy atom. The zero-order valence-corrected chi connectivity index (χ0v) is 50.0. The van der Waals surface area contributed by atoms with Gasteiger partial charge in [-0.25, -0.2) is 0 Å². The molecule has 80 heavy (non-hydrogen) atoms. The van der Waals surface area contributed by atoms with Crippen molar-refractivity contribution in [1.29, 1.82) is 0 Å². The van der Waals surface area contributed by atoms with Gasteiger partial charge < -0.3 is 0 Å². The molecule has 0 N–H and O–H groups in total. The van der Waals surface area contributed by atoms with Crippen LogP contribution in [0.3, 0.4) is 0 Å².